The Balaban J connectivity index is 1.97. The topological polar surface area (TPSA) is 77.4 Å². The molecule has 0 bridgehead atoms. The molecule has 0 aliphatic carbocycles. The minimum Gasteiger partial charge on any atom is -0.364 e. The Labute approximate surface area is 86.8 Å². The van der Waals surface area contributed by atoms with Crippen LogP contribution in [0.4, 0.5) is 5.82 Å². The molecule has 2 aromatic heterocycles. The monoisotopic (exact) mass is 199 g/mol. The fraction of sp³-hybridized carbons (Fsp3) is 0.100. The van der Waals surface area contributed by atoms with E-state index >= 15 is 0 Å². The number of anilines is 1. The van der Waals surface area contributed by atoms with Crippen LogP contribution in [0.2, 0.25) is 0 Å². The van der Waals surface area contributed by atoms with Crippen molar-refractivity contribution in [1.82, 2.24) is 15.0 Å². The Morgan fingerprint density at radius 2 is 2.33 bits per heavy atom. The molecule has 2 aromatic rings. The average molecular weight is 199 g/mol. The summed E-state index contributed by atoms with van der Waals surface area (Å²) in [6.07, 6.45) is 4.91. The fourth-order valence-corrected chi connectivity index (χ4v) is 1.13. The third-order valence-corrected chi connectivity index (χ3v) is 1.91. The molecule has 0 radical (unpaired) electrons. The summed E-state index contributed by atoms with van der Waals surface area (Å²) < 4.78 is 0. The summed E-state index contributed by atoms with van der Waals surface area (Å²) in [6, 6.07) is 5.51. The molecule has 0 saturated carbocycles. The summed E-state index contributed by atoms with van der Waals surface area (Å²) >= 11 is 0. The van der Waals surface area contributed by atoms with Gasteiger partial charge >= 0.3 is 0 Å². The van der Waals surface area contributed by atoms with Gasteiger partial charge in [-0.25, -0.2) is 9.97 Å². The highest BCUT2D eigenvalue weighted by Crippen LogP contribution is 2.05. The molecule has 0 aromatic carbocycles. The summed E-state index contributed by atoms with van der Waals surface area (Å²) in [5, 5.41) is 11.7. The molecule has 2 heterocycles. The van der Waals surface area contributed by atoms with Crippen molar-refractivity contribution in [2.24, 2.45) is 0 Å². The van der Waals surface area contributed by atoms with Crippen LogP contribution < -0.4 is 5.32 Å². The van der Waals surface area contributed by atoms with Crippen LogP contribution in [-0.4, -0.2) is 15.0 Å². The number of pyridine rings is 1. The average Bonchev–Trinajstić information content (AvgIpc) is 2.80. The van der Waals surface area contributed by atoms with E-state index in [1.54, 1.807) is 24.7 Å². The van der Waals surface area contributed by atoms with Gasteiger partial charge in [-0.05, 0) is 12.1 Å². The van der Waals surface area contributed by atoms with Crippen molar-refractivity contribution in [3.8, 4) is 6.07 Å². The summed E-state index contributed by atoms with van der Waals surface area (Å²) in [6.45, 7) is 0.638. The van der Waals surface area contributed by atoms with Gasteiger partial charge in [-0.2, -0.15) is 5.26 Å². The second-order valence-corrected chi connectivity index (χ2v) is 2.97. The van der Waals surface area contributed by atoms with Crippen LogP contribution in [0, 0.1) is 11.3 Å². The largest absolute Gasteiger partial charge is 0.364 e. The van der Waals surface area contributed by atoms with Crippen molar-refractivity contribution in [1.29, 1.82) is 5.26 Å². The summed E-state index contributed by atoms with van der Waals surface area (Å²) in [5.41, 5.74) is 1.54. The van der Waals surface area contributed by atoms with Gasteiger partial charge < -0.3 is 10.3 Å². The molecule has 2 rings (SSSR count). The molecule has 5 heteroatoms. The van der Waals surface area contributed by atoms with Crippen molar-refractivity contribution in [2.45, 2.75) is 6.54 Å². The number of H-pyrrole nitrogens is 1. The molecule has 0 aliphatic rings. The Bertz CT molecular complexity index is 452. The van der Waals surface area contributed by atoms with Crippen LogP contribution >= 0.6 is 0 Å². The molecule has 74 valence electrons. The molecule has 0 unspecified atom stereocenters. The van der Waals surface area contributed by atoms with Crippen LogP contribution in [0.5, 0.6) is 0 Å². The molecule has 15 heavy (non-hydrogen) atoms. The first-order valence-electron chi connectivity index (χ1n) is 4.46. The Morgan fingerprint density at radius 1 is 1.40 bits per heavy atom. The SMILES string of the molecule is N#Cc1ccc(NCc2cnc[nH]2)nc1. The lowest BCUT2D eigenvalue weighted by Crippen LogP contribution is -2.01. The van der Waals surface area contributed by atoms with Crippen molar-refractivity contribution in [3.63, 3.8) is 0 Å². The maximum atomic E-state index is 8.58. The van der Waals surface area contributed by atoms with Gasteiger partial charge in [0.15, 0.2) is 0 Å². The predicted molar refractivity (Wildman–Crippen MR) is 54.9 cm³/mol. The van der Waals surface area contributed by atoms with Crippen molar-refractivity contribution in [2.75, 3.05) is 5.32 Å². The summed E-state index contributed by atoms with van der Waals surface area (Å²) in [4.78, 5) is 11.0. The lowest BCUT2D eigenvalue weighted by atomic mass is 10.3. The third kappa shape index (κ3) is 2.31. The Hall–Kier alpha value is -2.35. The lowest BCUT2D eigenvalue weighted by molar-refractivity contribution is 1.05. The molecule has 0 saturated heterocycles. The number of aromatic amines is 1. The number of nitriles is 1. The maximum Gasteiger partial charge on any atom is 0.126 e. The van der Waals surface area contributed by atoms with Crippen LogP contribution in [0.15, 0.2) is 30.9 Å². The van der Waals surface area contributed by atoms with Gasteiger partial charge in [0, 0.05) is 12.4 Å². The van der Waals surface area contributed by atoms with Gasteiger partial charge in [0.25, 0.3) is 0 Å². The molecular formula is C10H9N5. The van der Waals surface area contributed by atoms with Crippen molar-refractivity contribution in [3.05, 3.63) is 42.1 Å². The number of hydrogen-bond donors (Lipinski definition) is 2. The van der Waals surface area contributed by atoms with E-state index in [1.807, 2.05) is 6.07 Å². The standard InChI is InChI=1S/C10H9N5/c11-3-8-1-2-10(13-4-8)14-6-9-5-12-7-15-9/h1-2,4-5,7H,6H2,(H,12,15)(H,13,14). The molecule has 5 nitrogen and oxygen atoms in total. The fourth-order valence-electron chi connectivity index (χ4n) is 1.13. The zero-order valence-corrected chi connectivity index (χ0v) is 7.94. The molecule has 0 atom stereocenters. The highest BCUT2D eigenvalue weighted by molar-refractivity contribution is 5.39. The predicted octanol–water partition coefficient (Wildman–Crippen LogP) is 1.29. The minimum atomic E-state index is 0.557. The van der Waals surface area contributed by atoms with Gasteiger partial charge in [0.2, 0.25) is 0 Å². The molecule has 0 spiro atoms. The molecule has 2 N–H and O–H groups in total. The van der Waals surface area contributed by atoms with Gasteiger partial charge in [0.1, 0.15) is 11.9 Å². The number of imidazole rings is 1. The van der Waals surface area contributed by atoms with E-state index in [2.05, 4.69) is 20.3 Å². The van der Waals surface area contributed by atoms with E-state index in [4.69, 9.17) is 5.26 Å². The third-order valence-electron chi connectivity index (χ3n) is 1.91. The van der Waals surface area contributed by atoms with Gasteiger partial charge in [-0.15, -0.1) is 0 Å². The first-order chi connectivity index (χ1) is 7.38. The second-order valence-electron chi connectivity index (χ2n) is 2.97. The first kappa shape index (κ1) is 9.21. The van der Waals surface area contributed by atoms with Gasteiger partial charge in [-0.1, -0.05) is 0 Å². The van der Waals surface area contributed by atoms with Crippen LogP contribution in [0.1, 0.15) is 11.3 Å². The maximum absolute atomic E-state index is 8.58. The second kappa shape index (κ2) is 4.24. The van der Waals surface area contributed by atoms with Crippen molar-refractivity contribution >= 4 is 5.82 Å². The van der Waals surface area contributed by atoms with E-state index in [0.717, 1.165) is 11.5 Å². The Morgan fingerprint density at radius 3 is 2.93 bits per heavy atom. The smallest absolute Gasteiger partial charge is 0.126 e. The minimum absolute atomic E-state index is 0.557. The highest BCUT2D eigenvalue weighted by atomic mass is 15.0. The van der Waals surface area contributed by atoms with Gasteiger partial charge in [-0.3, -0.25) is 0 Å². The number of rotatable bonds is 3. The number of aromatic nitrogens is 3. The van der Waals surface area contributed by atoms with Crippen LogP contribution in [0.25, 0.3) is 0 Å². The van der Waals surface area contributed by atoms with E-state index in [1.165, 1.54) is 6.20 Å². The highest BCUT2D eigenvalue weighted by Gasteiger charge is 1.96. The van der Waals surface area contributed by atoms with Gasteiger partial charge in [0.05, 0.1) is 24.1 Å². The zero-order valence-electron chi connectivity index (χ0n) is 7.94. The van der Waals surface area contributed by atoms with E-state index in [9.17, 15) is 0 Å². The lowest BCUT2D eigenvalue weighted by Gasteiger charge is -2.02. The molecule has 0 amide bonds. The quantitative estimate of drug-likeness (QED) is 0.780. The Kier molecular flexibility index (Phi) is 2.61. The molecular weight excluding hydrogens is 190 g/mol. The van der Waals surface area contributed by atoms with Crippen molar-refractivity contribution < 1.29 is 0 Å². The summed E-state index contributed by atoms with van der Waals surface area (Å²) in [5.74, 6) is 0.739. The first-order valence-corrected chi connectivity index (χ1v) is 4.46. The molecule has 0 fully saturated rings. The number of hydrogen-bond acceptors (Lipinski definition) is 4. The summed E-state index contributed by atoms with van der Waals surface area (Å²) in [7, 11) is 0. The number of nitrogens with one attached hydrogen (secondary N) is 2. The normalized spacial score (nSPS) is 9.53. The van der Waals surface area contributed by atoms with E-state index in [-0.39, 0.29) is 0 Å². The van der Waals surface area contributed by atoms with Crippen LogP contribution in [0.3, 0.4) is 0 Å². The van der Waals surface area contributed by atoms with E-state index in [0.29, 0.717) is 12.1 Å². The van der Waals surface area contributed by atoms with Crippen LogP contribution in [-0.2, 0) is 6.54 Å². The van der Waals surface area contributed by atoms with E-state index < -0.39 is 0 Å². The zero-order chi connectivity index (χ0) is 10.5. The number of nitrogens with zero attached hydrogens (tertiary/aromatic N) is 3. The molecule has 0 aliphatic heterocycles.